The summed E-state index contributed by atoms with van der Waals surface area (Å²) in [7, 11) is 0. The molecule has 0 aliphatic carbocycles. The van der Waals surface area contributed by atoms with Crippen LogP contribution in [0.5, 0.6) is 0 Å². The number of fused-ring (bicyclic) bond motifs is 1. The SMILES string of the molecule is Cc1nn(-c2cccc(Br)c2)c2oc(C(=O)O)cc12. The molecule has 3 aromatic rings. The quantitative estimate of drug-likeness (QED) is 0.785. The van der Waals surface area contributed by atoms with Gasteiger partial charge in [0.25, 0.3) is 0 Å². The van der Waals surface area contributed by atoms with E-state index in [0.29, 0.717) is 11.1 Å². The molecule has 0 atom stereocenters. The number of benzene rings is 1. The number of nitrogens with zero attached hydrogens (tertiary/aromatic N) is 2. The topological polar surface area (TPSA) is 68.3 Å². The predicted molar refractivity (Wildman–Crippen MR) is 72.7 cm³/mol. The van der Waals surface area contributed by atoms with E-state index in [1.165, 1.54) is 6.07 Å². The molecular weight excluding hydrogens is 312 g/mol. The van der Waals surface area contributed by atoms with Crippen LogP contribution in [0.25, 0.3) is 16.8 Å². The maximum Gasteiger partial charge on any atom is 0.371 e. The average molecular weight is 321 g/mol. The Hall–Kier alpha value is -2.08. The summed E-state index contributed by atoms with van der Waals surface area (Å²) in [5, 5.41) is 14.0. The van der Waals surface area contributed by atoms with Gasteiger partial charge in [-0.25, -0.2) is 4.79 Å². The van der Waals surface area contributed by atoms with E-state index in [9.17, 15) is 4.79 Å². The van der Waals surface area contributed by atoms with Crippen molar-refractivity contribution in [2.24, 2.45) is 0 Å². The summed E-state index contributed by atoms with van der Waals surface area (Å²) in [4.78, 5) is 11.0. The molecule has 5 nitrogen and oxygen atoms in total. The number of aryl methyl sites for hydroxylation is 1. The molecule has 0 fully saturated rings. The molecule has 2 heterocycles. The van der Waals surface area contributed by atoms with Crippen molar-refractivity contribution in [3.05, 3.63) is 46.3 Å². The minimum Gasteiger partial charge on any atom is -0.475 e. The molecule has 0 bridgehead atoms. The normalized spacial score (nSPS) is 11.1. The van der Waals surface area contributed by atoms with Gasteiger partial charge in [-0.1, -0.05) is 22.0 Å². The maximum absolute atomic E-state index is 11.0. The molecule has 0 aliphatic rings. The van der Waals surface area contributed by atoms with Gasteiger partial charge in [0, 0.05) is 10.5 Å². The summed E-state index contributed by atoms with van der Waals surface area (Å²) in [5.41, 5.74) is 1.97. The molecule has 0 radical (unpaired) electrons. The van der Waals surface area contributed by atoms with Crippen LogP contribution in [0.1, 0.15) is 16.2 Å². The highest BCUT2D eigenvalue weighted by atomic mass is 79.9. The molecule has 3 rings (SSSR count). The van der Waals surface area contributed by atoms with Gasteiger partial charge in [-0.2, -0.15) is 9.78 Å². The minimum atomic E-state index is -1.09. The molecule has 96 valence electrons. The van der Waals surface area contributed by atoms with Crippen molar-refractivity contribution in [2.45, 2.75) is 6.92 Å². The van der Waals surface area contributed by atoms with Gasteiger partial charge in [0.15, 0.2) is 0 Å². The fraction of sp³-hybridized carbons (Fsp3) is 0.0769. The highest BCUT2D eigenvalue weighted by molar-refractivity contribution is 9.10. The molecule has 1 aromatic carbocycles. The molecule has 2 aromatic heterocycles. The molecule has 0 saturated carbocycles. The summed E-state index contributed by atoms with van der Waals surface area (Å²) < 4.78 is 7.87. The molecular formula is C13H9BrN2O3. The first-order valence-corrected chi connectivity index (χ1v) is 6.34. The van der Waals surface area contributed by atoms with Crippen molar-refractivity contribution in [2.75, 3.05) is 0 Å². The Morgan fingerprint density at radius 3 is 2.89 bits per heavy atom. The first-order valence-electron chi connectivity index (χ1n) is 5.54. The minimum absolute atomic E-state index is 0.0840. The number of carbonyl (C=O) groups is 1. The summed E-state index contributed by atoms with van der Waals surface area (Å²) in [6.07, 6.45) is 0. The van der Waals surface area contributed by atoms with Crippen molar-refractivity contribution < 1.29 is 14.3 Å². The van der Waals surface area contributed by atoms with Gasteiger partial charge in [0.1, 0.15) is 0 Å². The van der Waals surface area contributed by atoms with Crippen LogP contribution >= 0.6 is 15.9 Å². The third-order valence-corrected chi connectivity index (χ3v) is 3.30. The van der Waals surface area contributed by atoms with Gasteiger partial charge in [-0.3, -0.25) is 0 Å². The van der Waals surface area contributed by atoms with Crippen LogP contribution in [0, 0.1) is 6.92 Å². The lowest BCUT2D eigenvalue weighted by Crippen LogP contribution is -1.97. The van der Waals surface area contributed by atoms with Crippen LogP contribution in [0.4, 0.5) is 0 Å². The molecule has 1 N–H and O–H groups in total. The number of aromatic nitrogens is 2. The number of carboxylic acids is 1. The van der Waals surface area contributed by atoms with Crippen molar-refractivity contribution in [3.63, 3.8) is 0 Å². The Morgan fingerprint density at radius 1 is 1.42 bits per heavy atom. The van der Waals surface area contributed by atoms with E-state index in [2.05, 4.69) is 21.0 Å². The fourth-order valence-electron chi connectivity index (χ4n) is 1.94. The fourth-order valence-corrected chi connectivity index (χ4v) is 2.32. The standard InChI is InChI=1S/C13H9BrN2O3/c1-7-10-6-11(13(17)18)19-12(10)16(15-7)9-4-2-3-8(14)5-9/h2-6H,1H3,(H,17,18). The van der Waals surface area contributed by atoms with E-state index in [1.807, 2.05) is 31.2 Å². The van der Waals surface area contributed by atoms with E-state index < -0.39 is 5.97 Å². The third-order valence-electron chi connectivity index (χ3n) is 2.81. The Bertz CT molecular complexity index is 788. The highest BCUT2D eigenvalue weighted by Gasteiger charge is 2.18. The van der Waals surface area contributed by atoms with Gasteiger partial charge in [-0.05, 0) is 25.1 Å². The number of halogens is 1. The van der Waals surface area contributed by atoms with Crippen LogP contribution in [0.15, 0.2) is 39.2 Å². The molecule has 19 heavy (non-hydrogen) atoms. The maximum atomic E-state index is 11.0. The molecule has 0 amide bonds. The van der Waals surface area contributed by atoms with Crippen LogP contribution < -0.4 is 0 Å². The number of aromatic carboxylic acids is 1. The van der Waals surface area contributed by atoms with E-state index >= 15 is 0 Å². The van der Waals surface area contributed by atoms with Gasteiger partial charge >= 0.3 is 5.97 Å². The van der Waals surface area contributed by atoms with Gasteiger partial charge < -0.3 is 9.52 Å². The van der Waals surface area contributed by atoms with Crippen molar-refractivity contribution in [1.29, 1.82) is 0 Å². The largest absolute Gasteiger partial charge is 0.475 e. The Kier molecular flexibility index (Phi) is 2.67. The number of furan rings is 1. The zero-order chi connectivity index (χ0) is 13.6. The van der Waals surface area contributed by atoms with Gasteiger partial charge in [0.2, 0.25) is 11.5 Å². The second-order valence-corrected chi connectivity index (χ2v) is 5.03. The van der Waals surface area contributed by atoms with E-state index in [4.69, 9.17) is 9.52 Å². The summed E-state index contributed by atoms with van der Waals surface area (Å²) in [6, 6.07) is 9.04. The molecule has 0 saturated heterocycles. The molecule has 0 unspecified atom stereocenters. The smallest absolute Gasteiger partial charge is 0.371 e. The van der Waals surface area contributed by atoms with E-state index in [0.717, 1.165) is 15.9 Å². The van der Waals surface area contributed by atoms with E-state index in [1.54, 1.807) is 4.68 Å². The first kappa shape index (κ1) is 12.0. The summed E-state index contributed by atoms with van der Waals surface area (Å²) in [6.45, 7) is 1.82. The number of rotatable bonds is 2. The van der Waals surface area contributed by atoms with Crippen LogP contribution in [-0.2, 0) is 0 Å². The van der Waals surface area contributed by atoms with Crippen LogP contribution in [0.2, 0.25) is 0 Å². The van der Waals surface area contributed by atoms with Crippen molar-refractivity contribution in [1.82, 2.24) is 9.78 Å². The Morgan fingerprint density at radius 2 is 2.21 bits per heavy atom. The monoisotopic (exact) mass is 320 g/mol. The lowest BCUT2D eigenvalue weighted by molar-refractivity contribution is 0.0664. The lowest BCUT2D eigenvalue weighted by atomic mass is 10.3. The first-order chi connectivity index (χ1) is 9.06. The average Bonchev–Trinajstić information content (AvgIpc) is 2.90. The Balaban J connectivity index is 2.26. The van der Waals surface area contributed by atoms with Crippen LogP contribution in [0.3, 0.4) is 0 Å². The van der Waals surface area contributed by atoms with Gasteiger partial charge in [-0.15, -0.1) is 0 Å². The van der Waals surface area contributed by atoms with Crippen molar-refractivity contribution >= 4 is 33.0 Å². The van der Waals surface area contributed by atoms with Gasteiger partial charge in [0.05, 0.1) is 16.8 Å². The molecule has 0 aliphatic heterocycles. The Labute approximate surface area is 116 Å². The number of hydrogen-bond donors (Lipinski definition) is 1. The molecule has 0 spiro atoms. The summed E-state index contributed by atoms with van der Waals surface area (Å²) in [5.74, 6) is -1.17. The predicted octanol–water partition coefficient (Wildman–Crippen LogP) is 3.39. The number of carboxylic acid groups (broad SMARTS) is 1. The molecule has 6 heteroatoms. The zero-order valence-electron chi connectivity index (χ0n) is 9.92. The zero-order valence-corrected chi connectivity index (χ0v) is 11.5. The summed E-state index contributed by atoms with van der Waals surface area (Å²) >= 11 is 3.39. The third kappa shape index (κ3) is 1.94. The van der Waals surface area contributed by atoms with E-state index in [-0.39, 0.29) is 5.76 Å². The number of hydrogen-bond acceptors (Lipinski definition) is 3. The highest BCUT2D eigenvalue weighted by Crippen LogP contribution is 2.26. The second kappa shape index (κ2) is 4.24. The lowest BCUT2D eigenvalue weighted by Gasteiger charge is -2.01. The second-order valence-electron chi connectivity index (χ2n) is 4.11. The van der Waals surface area contributed by atoms with Crippen LogP contribution in [-0.4, -0.2) is 20.9 Å². The van der Waals surface area contributed by atoms with Crippen molar-refractivity contribution in [3.8, 4) is 5.69 Å².